The average Bonchev–Trinajstić information content (AvgIpc) is 3.16. The molecule has 0 aliphatic carbocycles. The zero-order valence-corrected chi connectivity index (χ0v) is 20.6. The van der Waals surface area contributed by atoms with E-state index in [9.17, 15) is 19.5 Å². The Morgan fingerprint density at radius 1 is 1.06 bits per heavy atom. The normalized spacial score (nSPS) is 33.1. The first kappa shape index (κ1) is 24.5. The Hall–Kier alpha value is -3.17. The summed E-state index contributed by atoms with van der Waals surface area (Å²) in [6.45, 7) is 2.60. The zero-order valence-electron chi connectivity index (χ0n) is 20.6. The molecule has 1 unspecified atom stereocenters. The van der Waals surface area contributed by atoms with Gasteiger partial charge in [-0.1, -0.05) is 25.2 Å². The predicted octanol–water partition coefficient (Wildman–Crippen LogP) is 1.84. The first-order chi connectivity index (χ1) is 17.4. The number of fused-ring (bicyclic) bond motifs is 2. The Kier molecular flexibility index (Phi) is 6.38. The molecule has 4 aliphatic heterocycles. The number of unbranched alkanes of at least 4 members (excludes halogenated alkanes) is 1. The summed E-state index contributed by atoms with van der Waals surface area (Å²) in [5.74, 6) is -2.12. The number of hydrogen-bond donors (Lipinski definition) is 1. The van der Waals surface area contributed by atoms with Crippen LogP contribution < -0.4 is 9.64 Å². The summed E-state index contributed by atoms with van der Waals surface area (Å²) in [6, 6.07) is 6.23. The first-order valence-corrected chi connectivity index (χ1v) is 12.5. The van der Waals surface area contributed by atoms with Crippen molar-refractivity contribution in [2.24, 2.45) is 11.8 Å². The van der Waals surface area contributed by atoms with E-state index in [-0.39, 0.29) is 31.6 Å². The van der Waals surface area contributed by atoms with Crippen LogP contribution in [0.3, 0.4) is 0 Å². The van der Waals surface area contributed by atoms with Crippen LogP contribution >= 0.6 is 0 Å². The molecule has 2 saturated heterocycles. The largest absolute Gasteiger partial charge is 0.497 e. The van der Waals surface area contributed by atoms with Crippen LogP contribution in [0.5, 0.6) is 5.75 Å². The fourth-order valence-electron chi connectivity index (χ4n) is 6.22. The number of carbonyl (C=O) groups excluding carboxylic acids is 3. The summed E-state index contributed by atoms with van der Waals surface area (Å²) < 4.78 is 17.5. The number of aliphatic hydroxyl groups excluding tert-OH is 1. The summed E-state index contributed by atoms with van der Waals surface area (Å²) >= 11 is 0. The van der Waals surface area contributed by atoms with E-state index in [1.165, 1.54) is 0 Å². The van der Waals surface area contributed by atoms with Gasteiger partial charge in [0, 0.05) is 25.4 Å². The van der Waals surface area contributed by atoms with Crippen LogP contribution in [0.2, 0.25) is 0 Å². The fraction of sp³-hybridized carbons (Fsp3) is 0.519. The molecule has 4 heterocycles. The van der Waals surface area contributed by atoms with Crippen LogP contribution in [-0.4, -0.2) is 78.4 Å². The Balaban J connectivity index is 1.61. The van der Waals surface area contributed by atoms with Gasteiger partial charge < -0.3 is 29.1 Å². The number of cyclic esters (lactones) is 1. The number of carbonyl (C=O) groups is 3. The average molecular weight is 497 g/mol. The highest BCUT2D eigenvalue weighted by atomic mass is 16.6. The van der Waals surface area contributed by atoms with Crippen molar-refractivity contribution < 1.29 is 33.7 Å². The van der Waals surface area contributed by atoms with Gasteiger partial charge in [-0.3, -0.25) is 14.4 Å². The molecule has 1 spiro atoms. The lowest BCUT2D eigenvalue weighted by Gasteiger charge is -2.38. The van der Waals surface area contributed by atoms with Crippen molar-refractivity contribution in [1.29, 1.82) is 0 Å². The highest BCUT2D eigenvalue weighted by Crippen LogP contribution is 2.58. The SMILES string of the molecule is CC[C@]12C=CCOC(=O)[C@H]1[C@H]1C(=O)N(CCCCO)C3C(=O)N(c4ccc(OC)cc4)CC=C[C@@]31O2. The lowest BCUT2D eigenvalue weighted by atomic mass is 9.73. The van der Waals surface area contributed by atoms with Crippen LogP contribution in [0.25, 0.3) is 0 Å². The van der Waals surface area contributed by atoms with Crippen molar-refractivity contribution in [2.75, 3.05) is 38.3 Å². The second-order valence-electron chi connectivity index (χ2n) is 9.67. The monoisotopic (exact) mass is 496 g/mol. The van der Waals surface area contributed by atoms with E-state index in [1.807, 2.05) is 25.2 Å². The molecular weight excluding hydrogens is 464 g/mol. The third-order valence-electron chi connectivity index (χ3n) is 7.89. The quantitative estimate of drug-likeness (QED) is 0.349. The maximum Gasteiger partial charge on any atom is 0.313 e. The van der Waals surface area contributed by atoms with Gasteiger partial charge in [-0.05, 0) is 49.6 Å². The molecule has 2 amide bonds. The zero-order chi connectivity index (χ0) is 25.5. The Morgan fingerprint density at radius 2 is 1.83 bits per heavy atom. The molecule has 36 heavy (non-hydrogen) atoms. The van der Waals surface area contributed by atoms with Crippen molar-refractivity contribution in [1.82, 2.24) is 4.90 Å². The molecule has 9 nitrogen and oxygen atoms in total. The minimum absolute atomic E-state index is 0.0116. The standard InChI is InChI=1S/C27H32N2O7/c1-3-26-12-7-17-35-25(33)21(26)20-23(31)29(14-4-5-16-30)22-24(32)28(15-6-13-27(20,22)36-26)18-8-10-19(34-2)11-9-18/h6-13,20-22,30H,3-5,14-17H2,1-2H3/t20-,21+,22?,26-,27-/m0/s1. The molecule has 4 aliphatic rings. The van der Waals surface area contributed by atoms with Gasteiger partial charge in [0.05, 0.1) is 13.0 Å². The number of anilines is 1. The smallest absolute Gasteiger partial charge is 0.313 e. The lowest BCUT2D eigenvalue weighted by molar-refractivity contribution is -0.157. The highest BCUT2D eigenvalue weighted by Gasteiger charge is 2.75. The maximum atomic E-state index is 14.3. The van der Waals surface area contributed by atoms with Gasteiger partial charge in [0.1, 0.15) is 35.5 Å². The third kappa shape index (κ3) is 3.56. The van der Waals surface area contributed by atoms with Gasteiger partial charge >= 0.3 is 5.97 Å². The van der Waals surface area contributed by atoms with Crippen molar-refractivity contribution in [3.63, 3.8) is 0 Å². The number of methoxy groups -OCH3 is 1. The van der Waals surface area contributed by atoms with Crippen molar-refractivity contribution >= 4 is 23.5 Å². The molecule has 1 N–H and O–H groups in total. The minimum Gasteiger partial charge on any atom is -0.497 e. The Bertz CT molecular complexity index is 1100. The number of aliphatic hydroxyl groups is 1. The number of esters is 1. The van der Waals surface area contributed by atoms with E-state index in [0.717, 1.165) is 0 Å². The topological polar surface area (TPSA) is 106 Å². The molecule has 2 fully saturated rings. The minimum atomic E-state index is -1.31. The van der Waals surface area contributed by atoms with Crippen molar-refractivity contribution in [3.8, 4) is 5.75 Å². The van der Waals surface area contributed by atoms with Gasteiger partial charge in [0.15, 0.2) is 0 Å². The number of hydrogen-bond acceptors (Lipinski definition) is 7. The van der Waals surface area contributed by atoms with Crippen LogP contribution in [0.4, 0.5) is 5.69 Å². The van der Waals surface area contributed by atoms with E-state index in [2.05, 4.69) is 0 Å². The van der Waals surface area contributed by atoms with E-state index in [1.54, 1.807) is 47.3 Å². The summed E-state index contributed by atoms with van der Waals surface area (Å²) in [5.41, 5.74) is -1.68. The van der Waals surface area contributed by atoms with E-state index in [0.29, 0.717) is 37.2 Å². The second-order valence-corrected chi connectivity index (χ2v) is 9.67. The fourth-order valence-corrected chi connectivity index (χ4v) is 6.22. The number of amides is 2. The van der Waals surface area contributed by atoms with E-state index >= 15 is 0 Å². The van der Waals surface area contributed by atoms with Gasteiger partial charge in [-0.2, -0.15) is 0 Å². The lowest BCUT2D eigenvalue weighted by Crippen LogP contribution is -2.56. The number of ether oxygens (including phenoxy) is 3. The summed E-state index contributed by atoms with van der Waals surface area (Å²) in [5, 5.41) is 9.32. The molecular formula is C27H32N2O7. The number of benzene rings is 1. The number of rotatable bonds is 7. The van der Waals surface area contributed by atoms with Gasteiger partial charge in [0.2, 0.25) is 5.91 Å². The Labute approximate surface area is 210 Å². The molecule has 0 aromatic heterocycles. The molecule has 1 aromatic rings. The Morgan fingerprint density at radius 3 is 2.53 bits per heavy atom. The summed E-state index contributed by atoms with van der Waals surface area (Å²) in [4.78, 5) is 44.7. The number of likely N-dealkylation sites (tertiary alicyclic amines) is 1. The van der Waals surface area contributed by atoms with Crippen LogP contribution in [0.1, 0.15) is 26.2 Å². The predicted molar refractivity (Wildman–Crippen MR) is 130 cm³/mol. The molecule has 5 rings (SSSR count). The molecule has 1 aromatic carbocycles. The molecule has 0 saturated carbocycles. The first-order valence-electron chi connectivity index (χ1n) is 12.5. The van der Waals surface area contributed by atoms with E-state index < -0.39 is 35.0 Å². The van der Waals surface area contributed by atoms with Gasteiger partial charge in [-0.15, -0.1) is 0 Å². The number of nitrogens with zero attached hydrogens (tertiary/aromatic N) is 2. The molecule has 0 radical (unpaired) electrons. The summed E-state index contributed by atoms with van der Waals surface area (Å²) in [7, 11) is 1.58. The van der Waals surface area contributed by atoms with Crippen molar-refractivity contribution in [2.45, 2.75) is 43.4 Å². The molecule has 9 heteroatoms. The molecule has 5 atom stereocenters. The second kappa shape index (κ2) is 9.37. The maximum absolute atomic E-state index is 14.3. The third-order valence-corrected chi connectivity index (χ3v) is 7.89. The molecule has 0 bridgehead atoms. The van der Waals surface area contributed by atoms with Gasteiger partial charge in [0.25, 0.3) is 5.91 Å². The van der Waals surface area contributed by atoms with Crippen LogP contribution in [-0.2, 0) is 23.9 Å². The van der Waals surface area contributed by atoms with E-state index in [4.69, 9.17) is 14.2 Å². The molecule has 192 valence electrons. The summed E-state index contributed by atoms with van der Waals surface area (Å²) in [6.07, 6.45) is 8.73. The van der Waals surface area contributed by atoms with Crippen LogP contribution in [0, 0.1) is 11.8 Å². The highest BCUT2D eigenvalue weighted by molar-refractivity contribution is 6.05. The van der Waals surface area contributed by atoms with Gasteiger partial charge in [-0.25, -0.2) is 0 Å². The van der Waals surface area contributed by atoms with Crippen LogP contribution in [0.15, 0.2) is 48.6 Å². The van der Waals surface area contributed by atoms with Crippen molar-refractivity contribution in [3.05, 3.63) is 48.6 Å².